The molecule has 0 aliphatic heterocycles. The molecule has 1 amide bonds. The van der Waals surface area contributed by atoms with Crippen LogP contribution in [-0.2, 0) is 4.79 Å². The van der Waals surface area contributed by atoms with E-state index in [0.717, 1.165) is 10.2 Å². The minimum Gasteiger partial charge on any atom is -0.507 e. The molecule has 2 aromatic rings. The summed E-state index contributed by atoms with van der Waals surface area (Å²) in [5.74, 6) is -0.230. The van der Waals surface area contributed by atoms with E-state index in [-0.39, 0.29) is 11.7 Å². The number of halogens is 2. The van der Waals surface area contributed by atoms with E-state index in [1.54, 1.807) is 37.3 Å². The van der Waals surface area contributed by atoms with Gasteiger partial charge in [-0.05, 0) is 43.3 Å². The standard InChI is InChI=1S/C16H15BrClN3O2/c1-10(20-14-4-2-3-13(18)8-14)16(23)21-19-9-11-7-12(17)5-6-15(11)22/h2-10,20,22H,1H3,(H,21,23)/b19-9-. The Morgan fingerprint density at radius 2 is 2.13 bits per heavy atom. The first kappa shape index (κ1) is 17.3. The smallest absolute Gasteiger partial charge is 0.262 e. The number of phenols is 1. The van der Waals surface area contributed by atoms with Gasteiger partial charge in [-0.3, -0.25) is 4.79 Å². The van der Waals surface area contributed by atoms with Crippen molar-refractivity contribution in [2.45, 2.75) is 13.0 Å². The molecule has 2 aromatic carbocycles. The number of carbonyl (C=O) groups excluding carboxylic acids is 1. The second kappa shape index (κ2) is 7.99. The fraction of sp³-hybridized carbons (Fsp3) is 0.125. The van der Waals surface area contributed by atoms with Crippen LogP contribution >= 0.6 is 27.5 Å². The summed E-state index contributed by atoms with van der Waals surface area (Å²) in [6, 6.07) is 11.5. The zero-order chi connectivity index (χ0) is 16.8. The molecule has 120 valence electrons. The van der Waals surface area contributed by atoms with E-state index >= 15 is 0 Å². The van der Waals surface area contributed by atoms with Crippen LogP contribution < -0.4 is 10.7 Å². The minimum absolute atomic E-state index is 0.0799. The first-order chi connectivity index (χ1) is 11.0. The summed E-state index contributed by atoms with van der Waals surface area (Å²) < 4.78 is 0.805. The van der Waals surface area contributed by atoms with Gasteiger partial charge in [-0.15, -0.1) is 0 Å². The van der Waals surface area contributed by atoms with Crippen LogP contribution in [0.1, 0.15) is 12.5 Å². The van der Waals surface area contributed by atoms with Crippen LogP contribution in [0, 0.1) is 0 Å². The third-order valence-electron chi connectivity index (χ3n) is 2.97. The number of carbonyl (C=O) groups is 1. The second-order valence-electron chi connectivity index (χ2n) is 4.81. The lowest BCUT2D eigenvalue weighted by atomic mass is 10.2. The molecule has 0 fully saturated rings. The molecule has 0 radical (unpaired) electrons. The highest BCUT2D eigenvalue weighted by Gasteiger charge is 2.11. The number of anilines is 1. The molecule has 7 heteroatoms. The molecule has 2 rings (SSSR count). The van der Waals surface area contributed by atoms with Crippen molar-refractivity contribution in [1.29, 1.82) is 0 Å². The molecule has 1 atom stereocenters. The fourth-order valence-corrected chi connectivity index (χ4v) is 2.35. The van der Waals surface area contributed by atoms with Crippen LogP contribution in [0.4, 0.5) is 5.69 Å². The maximum atomic E-state index is 12.0. The summed E-state index contributed by atoms with van der Waals surface area (Å²) in [7, 11) is 0. The monoisotopic (exact) mass is 395 g/mol. The highest BCUT2D eigenvalue weighted by Crippen LogP contribution is 2.20. The third-order valence-corrected chi connectivity index (χ3v) is 3.70. The molecule has 0 heterocycles. The van der Waals surface area contributed by atoms with Gasteiger partial charge in [-0.25, -0.2) is 5.43 Å². The molecular formula is C16H15BrClN3O2. The van der Waals surface area contributed by atoms with Gasteiger partial charge in [-0.1, -0.05) is 33.6 Å². The van der Waals surface area contributed by atoms with Crippen molar-refractivity contribution in [3.8, 4) is 5.75 Å². The van der Waals surface area contributed by atoms with Crippen LogP contribution in [0.25, 0.3) is 0 Å². The number of nitrogens with one attached hydrogen (secondary N) is 2. The molecule has 0 aliphatic rings. The quantitative estimate of drug-likeness (QED) is 0.532. The first-order valence-corrected chi connectivity index (χ1v) is 7.96. The number of hydrogen-bond acceptors (Lipinski definition) is 4. The van der Waals surface area contributed by atoms with Crippen molar-refractivity contribution in [1.82, 2.24) is 5.43 Å². The zero-order valence-electron chi connectivity index (χ0n) is 12.3. The Balaban J connectivity index is 1.93. The van der Waals surface area contributed by atoms with Crippen molar-refractivity contribution in [2.75, 3.05) is 5.32 Å². The summed E-state index contributed by atoms with van der Waals surface area (Å²) in [6.45, 7) is 1.71. The number of aromatic hydroxyl groups is 1. The van der Waals surface area contributed by atoms with Gasteiger partial charge in [0.05, 0.1) is 6.21 Å². The highest BCUT2D eigenvalue weighted by molar-refractivity contribution is 9.10. The number of benzene rings is 2. The Kier molecular flexibility index (Phi) is 6.01. The van der Waals surface area contributed by atoms with Gasteiger partial charge in [0, 0.05) is 20.7 Å². The Morgan fingerprint density at radius 1 is 1.35 bits per heavy atom. The van der Waals surface area contributed by atoms with Gasteiger partial charge in [0.25, 0.3) is 5.91 Å². The maximum Gasteiger partial charge on any atom is 0.262 e. The fourth-order valence-electron chi connectivity index (χ4n) is 1.78. The molecule has 0 spiro atoms. The predicted octanol–water partition coefficient (Wildman–Crippen LogP) is 3.76. The summed E-state index contributed by atoms with van der Waals surface area (Å²) in [5.41, 5.74) is 3.66. The highest BCUT2D eigenvalue weighted by atomic mass is 79.9. The van der Waals surface area contributed by atoms with Gasteiger partial charge >= 0.3 is 0 Å². The number of hydrazone groups is 1. The van der Waals surface area contributed by atoms with E-state index in [1.165, 1.54) is 12.3 Å². The zero-order valence-corrected chi connectivity index (χ0v) is 14.6. The van der Waals surface area contributed by atoms with E-state index in [1.807, 2.05) is 6.07 Å². The molecule has 23 heavy (non-hydrogen) atoms. The van der Waals surface area contributed by atoms with Crippen molar-refractivity contribution in [3.63, 3.8) is 0 Å². The Labute approximate surface area is 147 Å². The number of hydrogen-bond donors (Lipinski definition) is 3. The molecule has 0 aromatic heterocycles. The average Bonchev–Trinajstić information content (AvgIpc) is 2.50. The minimum atomic E-state index is -0.498. The molecule has 5 nitrogen and oxygen atoms in total. The Bertz CT molecular complexity index is 737. The number of nitrogens with zero attached hydrogens (tertiary/aromatic N) is 1. The van der Waals surface area contributed by atoms with E-state index in [9.17, 15) is 9.90 Å². The van der Waals surface area contributed by atoms with Gasteiger partial charge in [0.1, 0.15) is 11.8 Å². The van der Waals surface area contributed by atoms with Crippen molar-refractivity contribution < 1.29 is 9.90 Å². The van der Waals surface area contributed by atoms with Crippen LogP contribution in [0.2, 0.25) is 5.02 Å². The van der Waals surface area contributed by atoms with Crippen LogP contribution in [0.3, 0.4) is 0 Å². The van der Waals surface area contributed by atoms with E-state index in [0.29, 0.717) is 10.6 Å². The van der Waals surface area contributed by atoms with E-state index < -0.39 is 6.04 Å². The topological polar surface area (TPSA) is 73.7 Å². The van der Waals surface area contributed by atoms with Crippen LogP contribution in [-0.4, -0.2) is 23.3 Å². The van der Waals surface area contributed by atoms with Gasteiger partial charge in [0.2, 0.25) is 0 Å². The maximum absolute atomic E-state index is 12.0. The number of phenolic OH excluding ortho intramolecular Hbond substituents is 1. The molecule has 3 N–H and O–H groups in total. The van der Waals surface area contributed by atoms with E-state index in [2.05, 4.69) is 31.8 Å². The molecule has 0 bridgehead atoms. The average molecular weight is 397 g/mol. The van der Waals surface area contributed by atoms with Crippen molar-refractivity contribution >= 4 is 45.3 Å². The second-order valence-corrected chi connectivity index (χ2v) is 6.17. The lowest BCUT2D eigenvalue weighted by molar-refractivity contribution is -0.121. The predicted molar refractivity (Wildman–Crippen MR) is 96.1 cm³/mol. The molecule has 0 aliphatic carbocycles. The summed E-state index contributed by atoms with van der Waals surface area (Å²) in [6.07, 6.45) is 1.38. The van der Waals surface area contributed by atoms with Crippen molar-refractivity contribution in [3.05, 3.63) is 57.5 Å². The Morgan fingerprint density at radius 3 is 2.87 bits per heavy atom. The van der Waals surface area contributed by atoms with Gasteiger partial charge in [0.15, 0.2) is 0 Å². The lowest BCUT2D eigenvalue weighted by Crippen LogP contribution is -2.34. The normalized spacial score (nSPS) is 12.1. The summed E-state index contributed by atoms with van der Waals surface area (Å²) >= 11 is 9.20. The number of amides is 1. The number of rotatable bonds is 5. The van der Waals surface area contributed by atoms with Crippen LogP contribution in [0.15, 0.2) is 52.0 Å². The van der Waals surface area contributed by atoms with Gasteiger partial charge < -0.3 is 10.4 Å². The lowest BCUT2D eigenvalue weighted by Gasteiger charge is -2.13. The van der Waals surface area contributed by atoms with Crippen molar-refractivity contribution in [2.24, 2.45) is 5.10 Å². The third kappa shape index (κ3) is 5.26. The molecule has 0 saturated heterocycles. The Hall–Kier alpha value is -2.05. The SMILES string of the molecule is CC(Nc1cccc(Cl)c1)C(=O)N/N=C\c1cc(Br)ccc1O. The molecule has 1 unspecified atom stereocenters. The molecular weight excluding hydrogens is 382 g/mol. The summed E-state index contributed by atoms with van der Waals surface area (Å²) in [5, 5.41) is 17.1. The van der Waals surface area contributed by atoms with Gasteiger partial charge in [-0.2, -0.15) is 5.10 Å². The summed E-state index contributed by atoms with van der Waals surface area (Å²) in [4.78, 5) is 12.0. The largest absolute Gasteiger partial charge is 0.507 e. The molecule has 0 saturated carbocycles. The van der Waals surface area contributed by atoms with Crippen LogP contribution in [0.5, 0.6) is 5.75 Å². The first-order valence-electron chi connectivity index (χ1n) is 6.79. The van der Waals surface area contributed by atoms with E-state index in [4.69, 9.17) is 11.6 Å².